The van der Waals surface area contributed by atoms with Crippen LogP contribution in [0.4, 0.5) is 5.82 Å². The summed E-state index contributed by atoms with van der Waals surface area (Å²) in [6, 6.07) is 6.07. The molecule has 5 nitrogen and oxygen atoms in total. The van der Waals surface area contributed by atoms with Gasteiger partial charge >= 0.3 is 0 Å². The number of fused-ring (bicyclic) bond motifs is 1. The van der Waals surface area contributed by atoms with Gasteiger partial charge in [-0.15, -0.1) is 0 Å². The lowest BCUT2D eigenvalue weighted by atomic mass is 9.92. The quantitative estimate of drug-likeness (QED) is 0.801. The average Bonchev–Trinajstić information content (AvgIpc) is 2.91. The second-order valence-corrected chi connectivity index (χ2v) is 6.10. The van der Waals surface area contributed by atoms with Crippen LogP contribution in [0.25, 0.3) is 5.52 Å². The Morgan fingerprint density at radius 1 is 1.24 bits per heavy atom. The first-order valence-corrected chi connectivity index (χ1v) is 7.02. The fourth-order valence-corrected chi connectivity index (χ4v) is 2.11. The van der Waals surface area contributed by atoms with Crippen LogP contribution in [0.1, 0.15) is 32.0 Å². The fourth-order valence-electron chi connectivity index (χ4n) is 2.11. The Hall–Kier alpha value is -2.43. The predicted octanol–water partition coefficient (Wildman–Crippen LogP) is 3.03. The van der Waals surface area contributed by atoms with Gasteiger partial charge < -0.3 is 5.32 Å². The fraction of sp³-hybridized carbons (Fsp3) is 0.312. The van der Waals surface area contributed by atoms with Gasteiger partial charge in [-0.05, 0) is 17.7 Å². The van der Waals surface area contributed by atoms with Gasteiger partial charge in [-0.2, -0.15) is 5.10 Å². The topological polar surface area (TPSA) is 55.1 Å². The maximum absolute atomic E-state index is 4.62. The van der Waals surface area contributed by atoms with Crippen LogP contribution in [-0.2, 0) is 12.0 Å². The van der Waals surface area contributed by atoms with E-state index in [0.717, 1.165) is 22.6 Å². The Bertz CT molecular complexity index is 740. The van der Waals surface area contributed by atoms with E-state index in [4.69, 9.17) is 0 Å². The van der Waals surface area contributed by atoms with Crippen molar-refractivity contribution in [1.82, 2.24) is 19.6 Å². The molecule has 0 radical (unpaired) electrons. The van der Waals surface area contributed by atoms with Crippen LogP contribution in [0.2, 0.25) is 0 Å². The van der Waals surface area contributed by atoms with E-state index in [0.29, 0.717) is 6.54 Å². The molecule has 0 atom stereocenters. The molecule has 0 aromatic carbocycles. The van der Waals surface area contributed by atoms with Crippen molar-refractivity contribution >= 4 is 11.3 Å². The van der Waals surface area contributed by atoms with Crippen molar-refractivity contribution < 1.29 is 0 Å². The lowest BCUT2D eigenvalue weighted by Crippen LogP contribution is -2.11. The third-order valence-corrected chi connectivity index (χ3v) is 3.34. The zero-order valence-corrected chi connectivity index (χ0v) is 12.5. The minimum Gasteiger partial charge on any atom is -0.364 e. The molecular formula is C16H19N5. The van der Waals surface area contributed by atoms with E-state index < -0.39 is 0 Å². The molecule has 0 aliphatic heterocycles. The molecule has 0 unspecified atom stereocenters. The Morgan fingerprint density at radius 3 is 2.81 bits per heavy atom. The normalized spacial score (nSPS) is 11.8. The van der Waals surface area contributed by atoms with Crippen molar-refractivity contribution in [3.05, 3.63) is 54.2 Å². The van der Waals surface area contributed by atoms with Gasteiger partial charge in [-0.25, -0.2) is 9.50 Å². The van der Waals surface area contributed by atoms with Gasteiger partial charge in [0.2, 0.25) is 0 Å². The second-order valence-electron chi connectivity index (χ2n) is 6.10. The van der Waals surface area contributed by atoms with Gasteiger partial charge in [0.25, 0.3) is 0 Å². The molecule has 0 spiro atoms. The first kappa shape index (κ1) is 13.5. The number of pyridine rings is 1. The molecule has 3 aromatic rings. The van der Waals surface area contributed by atoms with Crippen LogP contribution in [0.5, 0.6) is 0 Å². The summed E-state index contributed by atoms with van der Waals surface area (Å²) in [4.78, 5) is 8.54. The lowest BCUT2D eigenvalue weighted by Gasteiger charge is -2.13. The summed E-state index contributed by atoms with van der Waals surface area (Å²) in [5.74, 6) is 0.837. The van der Waals surface area contributed by atoms with Crippen LogP contribution in [0.3, 0.4) is 0 Å². The van der Waals surface area contributed by atoms with Crippen LogP contribution >= 0.6 is 0 Å². The summed E-state index contributed by atoms with van der Waals surface area (Å²) in [5.41, 5.74) is 3.19. The van der Waals surface area contributed by atoms with E-state index in [9.17, 15) is 0 Å². The van der Waals surface area contributed by atoms with Gasteiger partial charge in [0.1, 0.15) is 5.52 Å². The number of anilines is 1. The maximum atomic E-state index is 4.62. The first-order chi connectivity index (χ1) is 10.0. The lowest BCUT2D eigenvalue weighted by molar-refractivity contribution is 0.562. The molecule has 0 bridgehead atoms. The minimum atomic E-state index is 0.0205. The van der Waals surface area contributed by atoms with Crippen LogP contribution in [-0.4, -0.2) is 19.6 Å². The molecule has 0 aliphatic carbocycles. The standard InChI is InChI=1S/C16H19N5/c1-16(2,3)14-9-13-15(18-7-8-21(13)20-14)19-11-12-5-4-6-17-10-12/h4-10H,11H2,1-3H3,(H,18,19). The highest BCUT2D eigenvalue weighted by Gasteiger charge is 2.18. The third kappa shape index (κ3) is 2.86. The van der Waals surface area contributed by atoms with Crippen molar-refractivity contribution in [2.45, 2.75) is 32.7 Å². The summed E-state index contributed by atoms with van der Waals surface area (Å²) >= 11 is 0. The van der Waals surface area contributed by atoms with Crippen molar-refractivity contribution in [2.75, 3.05) is 5.32 Å². The van der Waals surface area contributed by atoms with E-state index in [2.05, 4.69) is 47.2 Å². The minimum absolute atomic E-state index is 0.0205. The van der Waals surface area contributed by atoms with E-state index in [1.54, 1.807) is 12.4 Å². The highest BCUT2D eigenvalue weighted by atomic mass is 15.2. The molecule has 21 heavy (non-hydrogen) atoms. The summed E-state index contributed by atoms with van der Waals surface area (Å²) in [7, 11) is 0. The van der Waals surface area contributed by atoms with Crippen molar-refractivity contribution in [3.63, 3.8) is 0 Å². The Labute approximate surface area is 124 Å². The van der Waals surface area contributed by atoms with Crippen LogP contribution in [0, 0.1) is 0 Å². The molecule has 3 rings (SSSR count). The Kier molecular flexibility index (Phi) is 3.33. The number of nitrogens with one attached hydrogen (secondary N) is 1. The molecule has 108 valence electrons. The molecule has 0 aliphatic rings. The van der Waals surface area contributed by atoms with Gasteiger partial charge in [-0.3, -0.25) is 4.98 Å². The number of hydrogen-bond donors (Lipinski definition) is 1. The number of rotatable bonds is 3. The summed E-state index contributed by atoms with van der Waals surface area (Å²) in [6.45, 7) is 7.16. The smallest absolute Gasteiger partial charge is 0.152 e. The predicted molar refractivity (Wildman–Crippen MR) is 83.3 cm³/mol. The highest BCUT2D eigenvalue weighted by Crippen LogP contribution is 2.24. The molecule has 0 saturated carbocycles. The molecule has 1 N–H and O–H groups in total. The van der Waals surface area contributed by atoms with Crippen LogP contribution < -0.4 is 5.32 Å². The van der Waals surface area contributed by atoms with Gasteiger partial charge in [0.15, 0.2) is 5.82 Å². The maximum Gasteiger partial charge on any atom is 0.152 e. The van der Waals surface area contributed by atoms with E-state index in [1.807, 2.05) is 29.0 Å². The van der Waals surface area contributed by atoms with Crippen molar-refractivity contribution in [3.8, 4) is 0 Å². The van der Waals surface area contributed by atoms with E-state index in [1.165, 1.54) is 0 Å². The van der Waals surface area contributed by atoms with Crippen molar-refractivity contribution in [2.24, 2.45) is 0 Å². The highest BCUT2D eigenvalue weighted by molar-refractivity contribution is 5.68. The number of nitrogens with zero attached hydrogens (tertiary/aromatic N) is 4. The zero-order chi connectivity index (χ0) is 14.9. The van der Waals surface area contributed by atoms with E-state index in [-0.39, 0.29) is 5.41 Å². The summed E-state index contributed by atoms with van der Waals surface area (Å²) in [5, 5.41) is 7.98. The largest absolute Gasteiger partial charge is 0.364 e. The van der Waals surface area contributed by atoms with Gasteiger partial charge in [0, 0.05) is 36.7 Å². The Balaban J connectivity index is 1.90. The van der Waals surface area contributed by atoms with Gasteiger partial charge in [0.05, 0.1) is 5.69 Å². The average molecular weight is 281 g/mol. The monoisotopic (exact) mass is 281 g/mol. The molecule has 3 heterocycles. The molecule has 0 saturated heterocycles. The van der Waals surface area contributed by atoms with Crippen LogP contribution in [0.15, 0.2) is 43.0 Å². The number of hydrogen-bond acceptors (Lipinski definition) is 4. The van der Waals surface area contributed by atoms with Gasteiger partial charge in [-0.1, -0.05) is 26.8 Å². The molecule has 0 amide bonds. The summed E-state index contributed by atoms with van der Waals surface area (Å²) < 4.78 is 1.87. The third-order valence-electron chi connectivity index (χ3n) is 3.34. The molecular weight excluding hydrogens is 262 g/mol. The second kappa shape index (κ2) is 5.16. The molecule has 3 aromatic heterocycles. The summed E-state index contributed by atoms with van der Waals surface area (Å²) in [6.07, 6.45) is 7.26. The van der Waals surface area contributed by atoms with Crippen molar-refractivity contribution in [1.29, 1.82) is 0 Å². The van der Waals surface area contributed by atoms with E-state index >= 15 is 0 Å². The number of aromatic nitrogens is 4. The molecule has 0 fully saturated rings. The zero-order valence-electron chi connectivity index (χ0n) is 12.5. The first-order valence-electron chi connectivity index (χ1n) is 7.02. The molecule has 5 heteroatoms. The SMILES string of the molecule is CC(C)(C)c1cc2c(NCc3cccnc3)nccn2n1. The Morgan fingerprint density at radius 2 is 2.10 bits per heavy atom.